The summed E-state index contributed by atoms with van der Waals surface area (Å²) in [5.41, 5.74) is 5.06. The van der Waals surface area contributed by atoms with Gasteiger partial charge in [0.25, 0.3) is 12.5 Å². The molecule has 1 aliphatic carbocycles. The number of hydrogen-bond donors (Lipinski definition) is 0. The SMILES string of the molecule is N#COc1ccccc1C1(c2ccccc2OC#N)c2ccccc2-c2ccccc21. The summed E-state index contributed by atoms with van der Waals surface area (Å²) in [6.07, 6.45) is 3.64. The molecule has 5 rings (SSSR count). The Morgan fingerprint density at radius 3 is 1.26 bits per heavy atom. The second-order valence-electron chi connectivity index (χ2n) is 7.22. The third-order valence-electron chi connectivity index (χ3n) is 5.85. The second-order valence-corrected chi connectivity index (χ2v) is 7.22. The highest BCUT2D eigenvalue weighted by Gasteiger charge is 2.49. The number of nitriles is 2. The largest absolute Gasteiger partial charge is 0.388 e. The van der Waals surface area contributed by atoms with Gasteiger partial charge in [-0.05, 0) is 34.4 Å². The van der Waals surface area contributed by atoms with E-state index < -0.39 is 5.41 Å². The molecular formula is C27H16N2O2. The fraction of sp³-hybridized carbons (Fsp3) is 0.0370. The van der Waals surface area contributed by atoms with Crippen LogP contribution < -0.4 is 9.47 Å². The fourth-order valence-electron chi connectivity index (χ4n) is 4.79. The van der Waals surface area contributed by atoms with Crippen LogP contribution in [-0.2, 0) is 5.41 Å². The predicted molar refractivity (Wildman–Crippen MR) is 116 cm³/mol. The first-order valence-electron chi connectivity index (χ1n) is 9.82. The molecule has 0 saturated carbocycles. The van der Waals surface area contributed by atoms with E-state index in [1.54, 1.807) is 12.1 Å². The summed E-state index contributed by atoms with van der Waals surface area (Å²) in [7, 11) is 0. The van der Waals surface area contributed by atoms with Gasteiger partial charge in [-0.3, -0.25) is 0 Å². The standard InChI is InChI=1S/C27H16N2O2/c28-17-30-25-15-7-5-13-23(25)27(24-14-6-8-16-26(24)31-18-29)21-11-3-1-9-19(21)20-10-2-4-12-22(20)27/h1-16H. The van der Waals surface area contributed by atoms with Gasteiger partial charge in [-0.2, -0.15) is 0 Å². The van der Waals surface area contributed by atoms with Gasteiger partial charge in [-0.15, -0.1) is 10.5 Å². The first-order valence-corrected chi connectivity index (χ1v) is 9.82. The molecule has 4 nitrogen and oxygen atoms in total. The number of para-hydroxylation sites is 2. The van der Waals surface area contributed by atoms with E-state index in [2.05, 4.69) is 24.3 Å². The lowest BCUT2D eigenvalue weighted by Gasteiger charge is -2.35. The molecule has 0 aromatic heterocycles. The topological polar surface area (TPSA) is 66.0 Å². The molecule has 0 radical (unpaired) electrons. The average molecular weight is 400 g/mol. The highest BCUT2D eigenvalue weighted by Crippen LogP contribution is 2.59. The molecule has 4 heteroatoms. The molecule has 146 valence electrons. The van der Waals surface area contributed by atoms with Crippen molar-refractivity contribution in [3.63, 3.8) is 0 Å². The van der Waals surface area contributed by atoms with Crippen LogP contribution in [0.15, 0.2) is 97.1 Å². The Bertz CT molecular complexity index is 1270. The second kappa shape index (κ2) is 7.37. The first kappa shape index (κ1) is 18.5. The van der Waals surface area contributed by atoms with Crippen LogP contribution in [0.4, 0.5) is 0 Å². The van der Waals surface area contributed by atoms with Gasteiger partial charge in [0.2, 0.25) is 0 Å². The summed E-state index contributed by atoms with van der Waals surface area (Å²) < 4.78 is 10.9. The zero-order valence-corrected chi connectivity index (χ0v) is 16.4. The molecule has 4 aromatic carbocycles. The molecule has 0 atom stereocenters. The molecule has 0 amide bonds. The number of hydrogen-bond acceptors (Lipinski definition) is 4. The van der Waals surface area contributed by atoms with E-state index in [1.807, 2.05) is 73.2 Å². The van der Waals surface area contributed by atoms with Crippen molar-refractivity contribution in [2.45, 2.75) is 5.41 Å². The molecule has 0 heterocycles. The highest BCUT2D eigenvalue weighted by molar-refractivity contribution is 5.87. The van der Waals surface area contributed by atoms with E-state index in [0.717, 1.165) is 33.4 Å². The van der Waals surface area contributed by atoms with Crippen molar-refractivity contribution in [2.24, 2.45) is 0 Å². The van der Waals surface area contributed by atoms with E-state index >= 15 is 0 Å². The normalized spacial score (nSPS) is 12.7. The van der Waals surface area contributed by atoms with Gasteiger partial charge >= 0.3 is 0 Å². The Labute approximate surface area is 180 Å². The summed E-state index contributed by atoms with van der Waals surface area (Å²) in [6.45, 7) is 0. The van der Waals surface area contributed by atoms with Crippen LogP contribution in [0.1, 0.15) is 22.3 Å². The molecule has 1 aliphatic rings. The van der Waals surface area contributed by atoms with Crippen LogP contribution in [0.25, 0.3) is 11.1 Å². The van der Waals surface area contributed by atoms with Gasteiger partial charge in [0.15, 0.2) is 0 Å². The van der Waals surface area contributed by atoms with Crippen molar-refractivity contribution in [2.75, 3.05) is 0 Å². The zero-order valence-electron chi connectivity index (χ0n) is 16.4. The minimum absolute atomic E-state index is 0.461. The van der Waals surface area contributed by atoms with Crippen LogP contribution in [-0.4, -0.2) is 0 Å². The van der Waals surface area contributed by atoms with Crippen molar-refractivity contribution in [3.05, 3.63) is 119 Å². The monoisotopic (exact) mass is 400 g/mol. The molecule has 0 saturated heterocycles. The number of ether oxygens (including phenoxy) is 2. The van der Waals surface area contributed by atoms with Gasteiger partial charge in [0.05, 0.1) is 5.41 Å². The van der Waals surface area contributed by atoms with Crippen LogP contribution in [0.5, 0.6) is 11.5 Å². The average Bonchev–Trinajstić information content (AvgIpc) is 3.12. The molecule has 0 bridgehead atoms. The van der Waals surface area contributed by atoms with Crippen LogP contribution >= 0.6 is 0 Å². The minimum Gasteiger partial charge on any atom is -0.388 e. The van der Waals surface area contributed by atoms with Crippen molar-refractivity contribution in [3.8, 4) is 35.1 Å². The number of rotatable bonds is 4. The number of benzene rings is 4. The van der Waals surface area contributed by atoms with Crippen molar-refractivity contribution >= 4 is 0 Å². The Hall–Kier alpha value is -4.54. The molecule has 0 N–H and O–H groups in total. The summed E-state index contributed by atoms with van der Waals surface area (Å²) in [5, 5.41) is 18.7. The summed E-state index contributed by atoms with van der Waals surface area (Å²) in [6, 6.07) is 31.4. The lowest BCUT2D eigenvalue weighted by Crippen LogP contribution is -2.29. The molecule has 0 fully saturated rings. The highest BCUT2D eigenvalue weighted by atomic mass is 16.5. The Balaban J connectivity index is 2.00. The first-order chi connectivity index (χ1) is 15.3. The maximum absolute atomic E-state index is 9.33. The molecule has 0 spiro atoms. The third kappa shape index (κ3) is 2.60. The Morgan fingerprint density at radius 2 is 0.839 bits per heavy atom. The zero-order chi connectivity index (χ0) is 21.3. The van der Waals surface area contributed by atoms with Gasteiger partial charge in [-0.1, -0.05) is 84.9 Å². The lowest BCUT2D eigenvalue weighted by atomic mass is 9.67. The third-order valence-corrected chi connectivity index (χ3v) is 5.85. The smallest absolute Gasteiger partial charge is 0.292 e. The predicted octanol–water partition coefficient (Wildman–Crippen LogP) is 5.77. The van der Waals surface area contributed by atoms with E-state index in [4.69, 9.17) is 9.47 Å². The summed E-state index contributed by atoms with van der Waals surface area (Å²) in [4.78, 5) is 0. The maximum Gasteiger partial charge on any atom is 0.292 e. The van der Waals surface area contributed by atoms with Crippen LogP contribution in [0.2, 0.25) is 0 Å². The molecule has 4 aromatic rings. The van der Waals surface area contributed by atoms with E-state index in [-0.39, 0.29) is 0 Å². The number of fused-ring (bicyclic) bond motifs is 3. The van der Waals surface area contributed by atoms with Crippen LogP contribution in [0, 0.1) is 23.0 Å². The van der Waals surface area contributed by atoms with Crippen molar-refractivity contribution in [1.82, 2.24) is 0 Å². The van der Waals surface area contributed by atoms with Gasteiger partial charge < -0.3 is 9.47 Å². The van der Waals surface area contributed by atoms with Crippen molar-refractivity contribution in [1.29, 1.82) is 10.5 Å². The molecule has 0 unspecified atom stereocenters. The fourth-order valence-corrected chi connectivity index (χ4v) is 4.79. The quantitative estimate of drug-likeness (QED) is 0.359. The molecule has 0 aliphatic heterocycles. The Kier molecular flexibility index (Phi) is 4.40. The van der Waals surface area contributed by atoms with E-state index in [0.29, 0.717) is 11.5 Å². The van der Waals surface area contributed by atoms with Crippen LogP contribution in [0.3, 0.4) is 0 Å². The van der Waals surface area contributed by atoms with Gasteiger partial charge in [0.1, 0.15) is 11.5 Å². The summed E-state index contributed by atoms with van der Waals surface area (Å²) in [5.74, 6) is 0.923. The van der Waals surface area contributed by atoms with Crippen molar-refractivity contribution < 1.29 is 9.47 Å². The Morgan fingerprint density at radius 1 is 0.484 bits per heavy atom. The van der Waals surface area contributed by atoms with E-state index in [1.165, 1.54) is 0 Å². The minimum atomic E-state index is -0.825. The van der Waals surface area contributed by atoms with E-state index in [9.17, 15) is 10.5 Å². The van der Waals surface area contributed by atoms with Gasteiger partial charge in [-0.25, -0.2) is 0 Å². The van der Waals surface area contributed by atoms with Gasteiger partial charge in [0, 0.05) is 11.1 Å². The number of nitrogens with zero attached hydrogens (tertiary/aromatic N) is 2. The molecule has 31 heavy (non-hydrogen) atoms. The molecular weight excluding hydrogens is 384 g/mol. The lowest BCUT2D eigenvalue weighted by molar-refractivity contribution is 0.479. The maximum atomic E-state index is 9.33. The summed E-state index contributed by atoms with van der Waals surface area (Å²) >= 11 is 0.